The third kappa shape index (κ3) is 3.81. The standard InChI is InChI=1S/C17H27NO2/c1-4-13-7-6-8-14(11-13)18-15-9-10-16(19-3)17(12-15)20-5-2/h9-10,12-14,18H,4-8,11H2,1-3H3. The van der Waals surface area contributed by atoms with Gasteiger partial charge in [-0.2, -0.15) is 0 Å². The topological polar surface area (TPSA) is 30.5 Å². The van der Waals surface area contributed by atoms with E-state index in [2.05, 4.69) is 24.4 Å². The summed E-state index contributed by atoms with van der Waals surface area (Å²) in [6, 6.07) is 6.71. The van der Waals surface area contributed by atoms with Gasteiger partial charge in [0.05, 0.1) is 13.7 Å². The fourth-order valence-corrected chi connectivity index (χ4v) is 3.06. The Balaban J connectivity index is 2.03. The number of hydrogen-bond acceptors (Lipinski definition) is 3. The summed E-state index contributed by atoms with van der Waals surface area (Å²) in [5, 5.41) is 3.66. The number of anilines is 1. The molecule has 0 radical (unpaired) electrons. The molecule has 20 heavy (non-hydrogen) atoms. The lowest BCUT2D eigenvalue weighted by Crippen LogP contribution is -2.27. The zero-order chi connectivity index (χ0) is 14.4. The van der Waals surface area contributed by atoms with Crippen LogP contribution in [0.15, 0.2) is 18.2 Å². The van der Waals surface area contributed by atoms with Gasteiger partial charge in [-0.05, 0) is 37.8 Å². The molecule has 2 unspecified atom stereocenters. The summed E-state index contributed by atoms with van der Waals surface area (Å²) in [5.41, 5.74) is 1.14. The first kappa shape index (κ1) is 15.0. The van der Waals surface area contributed by atoms with E-state index in [0.29, 0.717) is 12.6 Å². The number of rotatable bonds is 6. The molecule has 1 fully saturated rings. The van der Waals surface area contributed by atoms with Crippen molar-refractivity contribution in [1.29, 1.82) is 0 Å². The van der Waals surface area contributed by atoms with Gasteiger partial charge in [0.2, 0.25) is 0 Å². The largest absolute Gasteiger partial charge is 0.493 e. The number of benzene rings is 1. The normalized spacial score (nSPS) is 22.4. The van der Waals surface area contributed by atoms with Gasteiger partial charge in [-0.25, -0.2) is 0 Å². The van der Waals surface area contributed by atoms with Crippen molar-refractivity contribution in [2.45, 2.75) is 52.0 Å². The van der Waals surface area contributed by atoms with Crippen LogP contribution >= 0.6 is 0 Å². The van der Waals surface area contributed by atoms with Crippen LogP contribution < -0.4 is 14.8 Å². The Hall–Kier alpha value is -1.38. The second-order valence-corrected chi connectivity index (χ2v) is 5.58. The van der Waals surface area contributed by atoms with Crippen LogP contribution in [0.5, 0.6) is 11.5 Å². The molecular formula is C17H27NO2. The predicted octanol–water partition coefficient (Wildman–Crippen LogP) is 4.47. The summed E-state index contributed by atoms with van der Waals surface area (Å²) < 4.78 is 11.0. The monoisotopic (exact) mass is 277 g/mol. The van der Waals surface area contributed by atoms with Crippen molar-refractivity contribution in [3.8, 4) is 11.5 Å². The number of ether oxygens (including phenoxy) is 2. The first-order valence-corrected chi connectivity index (χ1v) is 7.84. The van der Waals surface area contributed by atoms with Crippen LogP contribution in [0.25, 0.3) is 0 Å². The van der Waals surface area contributed by atoms with Gasteiger partial charge in [0.15, 0.2) is 11.5 Å². The van der Waals surface area contributed by atoms with E-state index in [1.54, 1.807) is 7.11 Å². The van der Waals surface area contributed by atoms with Crippen LogP contribution in [-0.4, -0.2) is 19.8 Å². The minimum absolute atomic E-state index is 0.594. The maximum atomic E-state index is 5.64. The minimum Gasteiger partial charge on any atom is -0.493 e. The molecule has 1 aromatic rings. The molecule has 2 rings (SSSR count). The molecule has 3 nitrogen and oxygen atoms in total. The van der Waals surface area contributed by atoms with E-state index in [0.717, 1.165) is 23.1 Å². The number of hydrogen-bond donors (Lipinski definition) is 1. The Morgan fingerprint density at radius 1 is 1.20 bits per heavy atom. The Kier molecular flexibility index (Phi) is 5.57. The Bertz CT molecular complexity index is 419. The van der Waals surface area contributed by atoms with E-state index < -0.39 is 0 Å². The molecule has 3 heteroatoms. The van der Waals surface area contributed by atoms with Crippen LogP contribution in [0.4, 0.5) is 5.69 Å². The van der Waals surface area contributed by atoms with Crippen molar-refractivity contribution < 1.29 is 9.47 Å². The summed E-state index contributed by atoms with van der Waals surface area (Å²) in [7, 11) is 1.68. The van der Waals surface area contributed by atoms with Crippen molar-refractivity contribution in [3.63, 3.8) is 0 Å². The molecule has 0 amide bonds. The Morgan fingerprint density at radius 3 is 2.75 bits per heavy atom. The van der Waals surface area contributed by atoms with Gasteiger partial charge >= 0.3 is 0 Å². The zero-order valence-corrected chi connectivity index (χ0v) is 12.9. The lowest BCUT2D eigenvalue weighted by Gasteiger charge is -2.30. The third-order valence-corrected chi connectivity index (χ3v) is 4.19. The van der Waals surface area contributed by atoms with Gasteiger partial charge in [0.25, 0.3) is 0 Å². The molecule has 1 saturated carbocycles. The van der Waals surface area contributed by atoms with Gasteiger partial charge in [-0.3, -0.25) is 0 Å². The number of nitrogens with one attached hydrogen (secondary N) is 1. The van der Waals surface area contributed by atoms with Crippen molar-refractivity contribution >= 4 is 5.69 Å². The Labute approximate surface area is 122 Å². The molecule has 1 N–H and O–H groups in total. The van der Waals surface area contributed by atoms with Gasteiger partial charge in [-0.15, -0.1) is 0 Å². The summed E-state index contributed by atoms with van der Waals surface area (Å²) >= 11 is 0. The Morgan fingerprint density at radius 2 is 2.05 bits per heavy atom. The summed E-state index contributed by atoms with van der Waals surface area (Å²) in [6.45, 7) is 4.95. The van der Waals surface area contributed by atoms with E-state index in [9.17, 15) is 0 Å². The van der Waals surface area contributed by atoms with Crippen LogP contribution in [-0.2, 0) is 0 Å². The third-order valence-electron chi connectivity index (χ3n) is 4.19. The minimum atomic E-state index is 0.594. The quantitative estimate of drug-likeness (QED) is 0.832. The highest BCUT2D eigenvalue weighted by Gasteiger charge is 2.20. The highest BCUT2D eigenvalue weighted by molar-refractivity contribution is 5.55. The maximum Gasteiger partial charge on any atom is 0.163 e. The highest BCUT2D eigenvalue weighted by atomic mass is 16.5. The van der Waals surface area contributed by atoms with E-state index in [1.807, 2.05) is 13.0 Å². The molecule has 0 heterocycles. The lowest BCUT2D eigenvalue weighted by atomic mass is 9.84. The fourth-order valence-electron chi connectivity index (χ4n) is 3.06. The molecule has 1 aromatic carbocycles. The van der Waals surface area contributed by atoms with Crippen LogP contribution in [0.3, 0.4) is 0 Å². The van der Waals surface area contributed by atoms with Crippen molar-refractivity contribution in [3.05, 3.63) is 18.2 Å². The lowest BCUT2D eigenvalue weighted by molar-refractivity contribution is 0.310. The van der Waals surface area contributed by atoms with Crippen molar-refractivity contribution in [2.75, 3.05) is 19.0 Å². The zero-order valence-electron chi connectivity index (χ0n) is 12.9. The second kappa shape index (κ2) is 7.41. The molecule has 2 atom stereocenters. The molecule has 0 aliphatic heterocycles. The maximum absolute atomic E-state index is 5.64. The van der Waals surface area contributed by atoms with Crippen molar-refractivity contribution in [1.82, 2.24) is 0 Å². The number of methoxy groups -OCH3 is 1. The molecule has 0 spiro atoms. The SMILES string of the molecule is CCOc1cc(NC2CCCC(CC)C2)ccc1OC. The second-order valence-electron chi connectivity index (χ2n) is 5.58. The van der Waals surface area contributed by atoms with Gasteiger partial charge in [0, 0.05) is 17.8 Å². The van der Waals surface area contributed by atoms with E-state index in [4.69, 9.17) is 9.47 Å². The van der Waals surface area contributed by atoms with E-state index in [-0.39, 0.29) is 0 Å². The van der Waals surface area contributed by atoms with Crippen LogP contribution in [0.1, 0.15) is 46.0 Å². The van der Waals surface area contributed by atoms with Crippen LogP contribution in [0, 0.1) is 5.92 Å². The van der Waals surface area contributed by atoms with Crippen molar-refractivity contribution in [2.24, 2.45) is 5.92 Å². The molecule has 1 aliphatic rings. The average molecular weight is 277 g/mol. The molecular weight excluding hydrogens is 250 g/mol. The summed E-state index contributed by atoms with van der Waals surface area (Å²) in [5.74, 6) is 2.50. The molecule has 0 saturated heterocycles. The van der Waals surface area contributed by atoms with Gasteiger partial charge in [-0.1, -0.05) is 26.2 Å². The first-order chi connectivity index (χ1) is 9.76. The average Bonchev–Trinajstić information content (AvgIpc) is 2.48. The first-order valence-electron chi connectivity index (χ1n) is 7.84. The molecule has 112 valence electrons. The molecule has 0 aromatic heterocycles. The van der Waals surface area contributed by atoms with Crippen LogP contribution in [0.2, 0.25) is 0 Å². The van der Waals surface area contributed by atoms with Gasteiger partial charge in [0.1, 0.15) is 0 Å². The molecule has 1 aliphatic carbocycles. The fraction of sp³-hybridized carbons (Fsp3) is 0.647. The smallest absolute Gasteiger partial charge is 0.163 e. The molecule has 0 bridgehead atoms. The summed E-state index contributed by atoms with van der Waals surface area (Å²) in [4.78, 5) is 0. The van der Waals surface area contributed by atoms with E-state index in [1.165, 1.54) is 32.1 Å². The van der Waals surface area contributed by atoms with Gasteiger partial charge < -0.3 is 14.8 Å². The van der Waals surface area contributed by atoms with E-state index >= 15 is 0 Å². The summed E-state index contributed by atoms with van der Waals surface area (Å²) in [6.07, 6.45) is 6.58. The predicted molar refractivity (Wildman–Crippen MR) is 83.8 cm³/mol. The highest BCUT2D eigenvalue weighted by Crippen LogP contribution is 2.33.